The number of rotatable bonds is 4. The summed E-state index contributed by atoms with van der Waals surface area (Å²) in [5.74, 6) is 0.919. The fourth-order valence-corrected chi connectivity index (χ4v) is 3.19. The first-order valence-electron chi connectivity index (χ1n) is 9.29. The summed E-state index contributed by atoms with van der Waals surface area (Å²) in [6, 6.07) is 15.9. The van der Waals surface area contributed by atoms with Gasteiger partial charge in [0.2, 0.25) is 5.91 Å². The van der Waals surface area contributed by atoms with E-state index in [-0.39, 0.29) is 5.91 Å². The molecule has 1 saturated heterocycles. The van der Waals surface area contributed by atoms with Crippen LogP contribution in [0.2, 0.25) is 0 Å². The fraction of sp³-hybridized carbons (Fsp3) is 0.182. The Balaban J connectivity index is 1.38. The van der Waals surface area contributed by atoms with Crippen LogP contribution in [0.3, 0.4) is 0 Å². The average molecular weight is 371 g/mol. The van der Waals surface area contributed by atoms with Crippen molar-refractivity contribution in [2.24, 2.45) is 0 Å². The number of hydrogen-bond acceptors (Lipinski definition) is 5. The number of hydrogen-bond donors (Lipinski definition) is 0. The van der Waals surface area contributed by atoms with Crippen LogP contribution in [0.1, 0.15) is 5.56 Å². The van der Waals surface area contributed by atoms with E-state index in [0.717, 1.165) is 35.7 Å². The van der Waals surface area contributed by atoms with Gasteiger partial charge in [0, 0.05) is 56.3 Å². The molecular formula is C22H21N5O. The topological polar surface area (TPSA) is 62.2 Å². The van der Waals surface area contributed by atoms with Gasteiger partial charge < -0.3 is 9.80 Å². The molecular weight excluding hydrogens is 350 g/mol. The Morgan fingerprint density at radius 2 is 1.79 bits per heavy atom. The van der Waals surface area contributed by atoms with Crippen molar-refractivity contribution >= 4 is 17.8 Å². The van der Waals surface area contributed by atoms with E-state index in [1.165, 1.54) is 0 Å². The van der Waals surface area contributed by atoms with E-state index in [1.807, 2.05) is 53.4 Å². The lowest BCUT2D eigenvalue weighted by Crippen LogP contribution is -2.48. The van der Waals surface area contributed by atoms with E-state index in [9.17, 15) is 4.79 Å². The number of nitrogens with zero attached hydrogens (tertiary/aromatic N) is 5. The van der Waals surface area contributed by atoms with Crippen LogP contribution in [0.4, 0.5) is 5.82 Å². The third-order valence-electron chi connectivity index (χ3n) is 4.74. The van der Waals surface area contributed by atoms with Gasteiger partial charge in [0.25, 0.3) is 0 Å². The second-order valence-corrected chi connectivity index (χ2v) is 6.56. The molecule has 1 fully saturated rings. The maximum absolute atomic E-state index is 12.4. The minimum Gasteiger partial charge on any atom is -0.353 e. The van der Waals surface area contributed by atoms with Gasteiger partial charge in [0.05, 0.1) is 5.69 Å². The first-order valence-corrected chi connectivity index (χ1v) is 9.29. The number of pyridine rings is 1. The van der Waals surface area contributed by atoms with Gasteiger partial charge in [0.15, 0.2) is 0 Å². The Hall–Kier alpha value is -3.54. The van der Waals surface area contributed by atoms with Crippen molar-refractivity contribution in [1.29, 1.82) is 0 Å². The quantitative estimate of drug-likeness (QED) is 0.660. The molecule has 0 radical (unpaired) electrons. The van der Waals surface area contributed by atoms with Crippen LogP contribution < -0.4 is 4.90 Å². The van der Waals surface area contributed by atoms with E-state index in [2.05, 4.69) is 19.9 Å². The largest absolute Gasteiger partial charge is 0.353 e. The molecule has 0 N–H and O–H groups in total. The van der Waals surface area contributed by atoms with Crippen molar-refractivity contribution in [1.82, 2.24) is 19.9 Å². The van der Waals surface area contributed by atoms with Crippen molar-refractivity contribution in [2.45, 2.75) is 0 Å². The lowest BCUT2D eigenvalue weighted by Gasteiger charge is -2.35. The van der Waals surface area contributed by atoms with Crippen molar-refractivity contribution in [3.8, 4) is 11.3 Å². The highest BCUT2D eigenvalue weighted by Gasteiger charge is 2.21. The highest BCUT2D eigenvalue weighted by molar-refractivity contribution is 5.91. The summed E-state index contributed by atoms with van der Waals surface area (Å²) in [5.41, 5.74) is 2.90. The molecule has 1 aliphatic heterocycles. The number of aromatic nitrogens is 3. The molecule has 1 aromatic carbocycles. The summed E-state index contributed by atoms with van der Waals surface area (Å²) in [7, 11) is 0. The summed E-state index contributed by atoms with van der Waals surface area (Å²) in [5, 5.41) is 0. The van der Waals surface area contributed by atoms with Crippen LogP contribution in [0.5, 0.6) is 0 Å². The Morgan fingerprint density at radius 1 is 0.964 bits per heavy atom. The van der Waals surface area contributed by atoms with Gasteiger partial charge in [-0.05, 0) is 17.7 Å². The number of piperazine rings is 1. The van der Waals surface area contributed by atoms with Gasteiger partial charge in [-0.25, -0.2) is 9.97 Å². The summed E-state index contributed by atoms with van der Waals surface area (Å²) in [6.45, 7) is 2.83. The van der Waals surface area contributed by atoms with Gasteiger partial charge in [-0.2, -0.15) is 0 Å². The van der Waals surface area contributed by atoms with Crippen LogP contribution >= 0.6 is 0 Å². The monoisotopic (exact) mass is 371 g/mol. The van der Waals surface area contributed by atoms with Gasteiger partial charge in [-0.1, -0.05) is 36.4 Å². The number of anilines is 1. The summed E-state index contributed by atoms with van der Waals surface area (Å²) >= 11 is 0. The molecule has 1 aliphatic rings. The smallest absolute Gasteiger partial charge is 0.246 e. The zero-order chi connectivity index (χ0) is 19.2. The van der Waals surface area contributed by atoms with Crippen molar-refractivity contribution in [3.05, 3.63) is 78.9 Å². The Bertz CT molecular complexity index is 951. The molecule has 0 saturated carbocycles. The van der Waals surface area contributed by atoms with Crippen molar-refractivity contribution in [2.75, 3.05) is 31.1 Å². The van der Waals surface area contributed by atoms with E-state index < -0.39 is 0 Å². The van der Waals surface area contributed by atoms with Crippen LogP contribution in [0, 0.1) is 0 Å². The third kappa shape index (κ3) is 4.23. The number of amides is 1. The molecule has 3 heterocycles. The molecule has 0 spiro atoms. The Labute approximate surface area is 164 Å². The molecule has 0 aliphatic carbocycles. The van der Waals surface area contributed by atoms with Crippen LogP contribution in [-0.4, -0.2) is 51.9 Å². The minimum absolute atomic E-state index is 0.0242. The highest BCUT2D eigenvalue weighted by Crippen LogP contribution is 2.21. The maximum Gasteiger partial charge on any atom is 0.246 e. The second-order valence-electron chi connectivity index (χ2n) is 6.56. The normalized spacial score (nSPS) is 14.4. The van der Waals surface area contributed by atoms with Crippen molar-refractivity contribution in [3.63, 3.8) is 0 Å². The van der Waals surface area contributed by atoms with Gasteiger partial charge >= 0.3 is 0 Å². The predicted molar refractivity (Wildman–Crippen MR) is 110 cm³/mol. The molecule has 6 heteroatoms. The lowest BCUT2D eigenvalue weighted by molar-refractivity contribution is -0.126. The number of carbonyl (C=O) groups is 1. The average Bonchev–Trinajstić information content (AvgIpc) is 2.79. The first-order chi connectivity index (χ1) is 13.8. The van der Waals surface area contributed by atoms with Gasteiger partial charge in [0.1, 0.15) is 12.1 Å². The molecule has 0 unspecified atom stereocenters. The summed E-state index contributed by atoms with van der Waals surface area (Å²) in [4.78, 5) is 29.4. The van der Waals surface area contributed by atoms with Gasteiger partial charge in [-0.15, -0.1) is 0 Å². The standard InChI is InChI=1S/C22H21N5O/c28-22(9-8-18-5-4-10-23-16-18)27-13-11-26(12-14-27)21-15-20(24-17-25-21)19-6-2-1-3-7-19/h1-10,15-17H,11-14H2. The zero-order valence-electron chi connectivity index (χ0n) is 15.5. The number of benzene rings is 1. The molecule has 1 amide bonds. The van der Waals surface area contributed by atoms with Gasteiger partial charge in [-0.3, -0.25) is 9.78 Å². The van der Waals surface area contributed by atoms with E-state index in [4.69, 9.17) is 0 Å². The van der Waals surface area contributed by atoms with E-state index in [0.29, 0.717) is 13.1 Å². The zero-order valence-corrected chi connectivity index (χ0v) is 15.5. The SMILES string of the molecule is O=C(C=Cc1cccnc1)N1CCN(c2cc(-c3ccccc3)ncn2)CC1. The molecule has 2 aromatic heterocycles. The molecule has 140 valence electrons. The molecule has 28 heavy (non-hydrogen) atoms. The molecule has 0 atom stereocenters. The van der Waals surface area contributed by atoms with E-state index in [1.54, 1.807) is 30.9 Å². The van der Waals surface area contributed by atoms with Crippen LogP contribution in [0.15, 0.2) is 73.3 Å². The third-order valence-corrected chi connectivity index (χ3v) is 4.74. The first kappa shape index (κ1) is 17.9. The Morgan fingerprint density at radius 3 is 2.54 bits per heavy atom. The van der Waals surface area contributed by atoms with Crippen LogP contribution in [-0.2, 0) is 4.79 Å². The predicted octanol–water partition coefficient (Wildman–Crippen LogP) is 2.90. The number of carbonyl (C=O) groups excluding carboxylic acids is 1. The van der Waals surface area contributed by atoms with Crippen LogP contribution in [0.25, 0.3) is 17.3 Å². The molecule has 0 bridgehead atoms. The molecule has 6 nitrogen and oxygen atoms in total. The molecule has 4 rings (SSSR count). The minimum atomic E-state index is 0.0242. The lowest BCUT2D eigenvalue weighted by atomic mass is 10.1. The summed E-state index contributed by atoms with van der Waals surface area (Å²) in [6.07, 6.45) is 8.48. The molecule has 3 aromatic rings. The second kappa shape index (κ2) is 8.43. The highest BCUT2D eigenvalue weighted by atomic mass is 16.2. The van der Waals surface area contributed by atoms with Crippen molar-refractivity contribution < 1.29 is 4.79 Å². The Kier molecular flexibility index (Phi) is 5.38. The maximum atomic E-state index is 12.4. The fourth-order valence-electron chi connectivity index (χ4n) is 3.19. The van der Waals surface area contributed by atoms with E-state index >= 15 is 0 Å². The summed E-state index contributed by atoms with van der Waals surface area (Å²) < 4.78 is 0.